The highest BCUT2D eigenvalue weighted by Gasteiger charge is 2.29. The Hall–Kier alpha value is -0.240. The number of methoxy groups -OCH3 is 3. The van der Waals surface area contributed by atoms with E-state index in [-0.39, 0.29) is 13.2 Å². The molecule has 2 N–H and O–H groups in total. The summed E-state index contributed by atoms with van der Waals surface area (Å²) in [5, 5.41) is 17.7. The molecule has 6 heteroatoms. The number of hydrogen-bond acceptors (Lipinski definition) is 6. The maximum atomic E-state index is 8.85. The second kappa shape index (κ2) is 8.86. The molecule has 98 valence electrons. The van der Waals surface area contributed by atoms with Gasteiger partial charge in [-0.3, -0.25) is 4.90 Å². The fraction of sp³-hybridized carbons (Fsp3) is 1.00. The first-order valence-corrected chi connectivity index (χ1v) is 5.27. The van der Waals surface area contributed by atoms with Crippen LogP contribution < -0.4 is 0 Å². The van der Waals surface area contributed by atoms with Gasteiger partial charge in [-0.25, -0.2) is 0 Å². The summed E-state index contributed by atoms with van der Waals surface area (Å²) in [6, 6.07) is 0. The van der Waals surface area contributed by atoms with Gasteiger partial charge >= 0.3 is 0 Å². The Morgan fingerprint density at radius 1 is 0.875 bits per heavy atom. The monoisotopic (exact) mass is 237 g/mol. The molecule has 0 bridgehead atoms. The van der Waals surface area contributed by atoms with Crippen LogP contribution in [-0.4, -0.2) is 75.3 Å². The Labute approximate surface area is 96.7 Å². The number of rotatable bonds is 10. The Balaban J connectivity index is 4.13. The molecule has 0 saturated carbocycles. The molecule has 0 aliphatic heterocycles. The van der Waals surface area contributed by atoms with Crippen molar-refractivity contribution in [1.29, 1.82) is 0 Å². The molecule has 0 aromatic rings. The molecule has 0 fully saturated rings. The van der Waals surface area contributed by atoms with Gasteiger partial charge in [-0.2, -0.15) is 0 Å². The molecule has 0 rings (SSSR count). The van der Waals surface area contributed by atoms with Crippen LogP contribution in [0, 0.1) is 0 Å². The van der Waals surface area contributed by atoms with Crippen LogP contribution in [0.1, 0.15) is 6.42 Å². The van der Waals surface area contributed by atoms with Crippen molar-refractivity contribution in [2.45, 2.75) is 12.4 Å². The summed E-state index contributed by atoms with van der Waals surface area (Å²) in [4.78, 5) is 1.91. The lowest BCUT2D eigenvalue weighted by Crippen LogP contribution is -2.41. The summed E-state index contributed by atoms with van der Waals surface area (Å²) in [7, 11) is 4.53. The number of ether oxygens (including phenoxy) is 3. The summed E-state index contributed by atoms with van der Waals surface area (Å²) < 4.78 is 15.4. The summed E-state index contributed by atoms with van der Waals surface area (Å²) in [5.41, 5.74) is 0. The van der Waals surface area contributed by atoms with E-state index in [0.717, 1.165) is 0 Å². The van der Waals surface area contributed by atoms with Gasteiger partial charge in [0, 0.05) is 47.4 Å². The zero-order valence-electron chi connectivity index (χ0n) is 10.3. The zero-order chi connectivity index (χ0) is 12.4. The smallest absolute Gasteiger partial charge is 0.283 e. The van der Waals surface area contributed by atoms with Crippen molar-refractivity contribution in [2.24, 2.45) is 0 Å². The van der Waals surface area contributed by atoms with Gasteiger partial charge in [0.25, 0.3) is 5.97 Å². The molecule has 0 aromatic heterocycles. The standard InChI is InChI=1S/C10H23NO5/c1-14-10(15-2,16-3)4-5-11(6-8-12)7-9-13/h12-13H,4-9H2,1-3H3. The highest BCUT2D eigenvalue weighted by molar-refractivity contribution is 4.63. The van der Waals surface area contributed by atoms with Gasteiger partial charge < -0.3 is 24.4 Å². The van der Waals surface area contributed by atoms with Gasteiger partial charge in [0.05, 0.1) is 13.2 Å². The molecular weight excluding hydrogens is 214 g/mol. The van der Waals surface area contributed by atoms with Crippen LogP contribution >= 0.6 is 0 Å². The number of nitrogens with zero attached hydrogens (tertiary/aromatic N) is 1. The molecular formula is C10H23NO5. The predicted molar refractivity (Wildman–Crippen MR) is 59.0 cm³/mol. The van der Waals surface area contributed by atoms with Crippen LogP contribution in [0.2, 0.25) is 0 Å². The van der Waals surface area contributed by atoms with E-state index in [1.807, 2.05) is 4.90 Å². The van der Waals surface area contributed by atoms with Crippen molar-refractivity contribution in [2.75, 3.05) is 54.2 Å². The van der Waals surface area contributed by atoms with E-state index in [4.69, 9.17) is 24.4 Å². The maximum Gasteiger partial charge on any atom is 0.283 e. The lowest BCUT2D eigenvalue weighted by atomic mass is 10.3. The van der Waals surface area contributed by atoms with Crippen molar-refractivity contribution in [3.63, 3.8) is 0 Å². The van der Waals surface area contributed by atoms with Gasteiger partial charge in [-0.1, -0.05) is 0 Å². The normalized spacial score (nSPS) is 12.4. The highest BCUT2D eigenvalue weighted by atomic mass is 16.9. The average Bonchev–Trinajstić information content (AvgIpc) is 2.32. The summed E-state index contributed by atoms with van der Waals surface area (Å²) in [6.07, 6.45) is 0.497. The molecule has 0 saturated heterocycles. The van der Waals surface area contributed by atoms with Gasteiger partial charge in [0.15, 0.2) is 0 Å². The molecule has 0 radical (unpaired) electrons. The third-order valence-corrected chi connectivity index (χ3v) is 2.50. The number of hydrogen-bond donors (Lipinski definition) is 2. The third kappa shape index (κ3) is 5.20. The highest BCUT2D eigenvalue weighted by Crippen LogP contribution is 2.17. The van der Waals surface area contributed by atoms with Crippen LogP contribution in [0.5, 0.6) is 0 Å². The molecule has 0 aliphatic carbocycles. The molecule has 0 spiro atoms. The predicted octanol–water partition coefficient (Wildman–Crippen LogP) is -0.744. The van der Waals surface area contributed by atoms with E-state index in [2.05, 4.69) is 0 Å². The summed E-state index contributed by atoms with van der Waals surface area (Å²) in [5.74, 6) is -1.05. The fourth-order valence-corrected chi connectivity index (χ4v) is 1.47. The average molecular weight is 237 g/mol. The topological polar surface area (TPSA) is 71.4 Å². The molecule has 16 heavy (non-hydrogen) atoms. The number of aliphatic hydroxyl groups excluding tert-OH is 2. The van der Waals surface area contributed by atoms with Crippen molar-refractivity contribution >= 4 is 0 Å². The lowest BCUT2D eigenvalue weighted by molar-refractivity contribution is -0.355. The van der Waals surface area contributed by atoms with Crippen LogP contribution in [0.25, 0.3) is 0 Å². The van der Waals surface area contributed by atoms with Crippen LogP contribution in [-0.2, 0) is 14.2 Å². The zero-order valence-corrected chi connectivity index (χ0v) is 10.3. The summed E-state index contributed by atoms with van der Waals surface area (Å²) in [6.45, 7) is 1.73. The maximum absolute atomic E-state index is 8.85. The van der Waals surface area contributed by atoms with E-state index < -0.39 is 5.97 Å². The Morgan fingerprint density at radius 2 is 1.31 bits per heavy atom. The second-order valence-electron chi connectivity index (χ2n) is 3.33. The minimum atomic E-state index is -1.05. The second-order valence-corrected chi connectivity index (χ2v) is 3.33. The van der Waals surface area contributed by atoms with E-state index in [1.54, 1.807) is 0 Å². The van der Waals surface area contributed by atoms with Crippen LogP contribution in [0.3, 0.4) is 0 Å². The van der Waals surface area contributed by atoms with E-state index in [1.165, 1.54) is 21.3 Å². The molecule has 0 unspecified atom stereocenters. The van der Waals surface area contributed by atoms with E-state index in [0.29, 0.717) is 26.1 Å². The molecule has 6 nitrogen and oxygen atoms in total. The first-order valence-electron chi connectivity index (χ1n) is 5.27. The molecule has 0 heterocycles. The van der Waals surface area contributed by atoms with Crippen molar-refractivity contribution in [1.82, 2.24) is 4.90 Å². The first-order chi connectivity index (χ1) is 7.67. The molecule has 0 amide bonds. The largest absolute Gasteiger partial charge is 0.395 e. The quantitative estimate of drug-likeness (QED) is 0.487. The van der Waals surface area contributed by atoms with Crippen LogP contribution in [0.15, 0.2) is 0 Å². The van der Waals surface area contributed by atoms with Gasteiger partial charge in [-0.05, 0) is 0 Å². The molecule has 0 aliphatic rings. The van der Waals surface area contributed by atoms with Gasteiger partial charge in [0.1, 0.15) is 0 Å². The van der Waals surface area contributed by atoms with Gasteiger partial charge in [-0.15, -0.1) is 0 Å². The molecule has 0 aromatic carbocycles. The Morgan fingerprint density at radius 3 is 1.62 bits per heavy atom. The van der Waals surface area contributed by atoms with Crippen LogP contribution in [0.4, 0.5) is 0 Å². The van der Waals surface area contributed by atoms with Crippen molar-refractivity contribution in [3.05, 3.63) is 0 Å². The first kappa shape index (κ1) is 15.8. The third-order valence-electron chi connectivity index (χ3n) is 2.50. The SMILES string of the molecule is COC(CCN(CCO)CCO)(OC)OC. The molecule has 0 atom stereocenters. The van der Waals surface area contributed by atoms with E-state index in [9.17, 15) is 0 Å². The Bertz CT molecular complexity index is 149. The summed E-state index contributed by atoms with van der Waals surface area (Å²) >= 11 is 0. The fourth-order valence-electron chi connectivity index (χ4n) is 1.47. The van der Waals surface area contributed by atoms with Crippen molar-refractivity contribution in [3.8, 4) is 0 Å². The minimum absolute atomic E-state index is 0.0555. The minimum Gasteiger partial charge on any atom is -0.395 e. The van der Waals surface area contributed by atoms with E-state index >= 15 is 0 Å². The lowest BCUT2D eigenvalue weighted by Gasteiger charge is -2.31. The number of aliphatic hydroxyl groups is 2. The van der Waals surface area contributed by atoms with Gasteiger partial charge in [0.2, 0.25) is 0 Å². The van der Waals surface area contributed by atoms with Crippen molar-refractivity contribution < 1.29 is 24.4 Å². The Kier molecular flexibility index (Phi) is 8.73.